The van der Waals surface area contributed by atoms with Crippen molar-refractivity contribution in [3.63, 3.8) is 0 Å². The van der Waals surface area contributed by atoms with Gasteiger partial charge in [0.05, 0.1) is 71.8 Å². The maximum Gasteiger partial charge on any atom is 0.323 e. The van der Waals surface area contributed by atoms with E-state index in [0.717, 1.165) is 12.8 Å². The molecule has 424 valence electrons. The van der Waals surface area contributed by atoms with Gasteiger partial charge in [0.1, 0.15) is 22.8 Å². The molecule has 0 saturated carbocycles. The quantitative estimate of drug-likeness (QED) is 0.0313. The first kappa shape index (κ1) is 65.6. The summed E-state index contributed by atoms with van der Waals surface area (Å²) >= 11 is 0. The molecule has 0 spiro atoms. The van der Waals surface area contributed by atoms with Crippen LogP contribution in [0.4, 0.5) is 17.6 Å². The second kappa shape index (κ2) is 32.8. The highest BCUT2D eigenvalue weighted by atomic mass is 19.2. The van der Waals surface area contributed by atoms with Crippen LogP contribution in [0.5, 0.6) is 5.75 Å². The summed E-state index contributed by atoms with van der Waals surface area (Å²) in [4.78, 5) is 86.6. The number of esters is 5. The monoisotopic (exact) mass is 1070 g/mol. The van der Waals surface area contributed by atoms with Gasteiger partial charge in [0.25, 0.3) is 0 Å². The Hall–Kier alpha value is -4.52. The number of ether oxygens (including phenoxy) is 8. The zero-order valence-corrected chi connectivity index (χ0v) is 45.5. The Labute approximate surface area is 434 Å². The maximum absolute atomic E-state index is 14.1. The molecule has 0 aromatic heterocycles. The molecule has 0 bridgehead atoms. The number of carbonyl (C=O) groups is 6. The minimum absolute atomic E-state index is 0.00131. The lowest BCUT2D eigenvalue weighted by Crippen LogP contribution is -2.53. The van der Waals surface area contributed by atoms with Gasteiger partial charge < -0.3 is 43.2 Å². The van der Waals surface area contributed by atoms with Gasteiger partial charge >= 0.3 is 29.8 Å². The average Bonchev–Trinajstić information content (AvgIpc) is 3.26. The van der Waals surface area contributed by atoms with E-state index in [2.05, 4.69) is 10.1 Å². The first-order valence-corrected chi connectivity index (χ1v) is 25.4. The lowest BCUT2D eigenvalue weighted by molar-refractivity contribution is -0.163. The fourth-order valence-corrected chi connectivity index (χ4v) is 7.30. The van der Waals surface area contributed by atoms with Crippen LogP contribution in [0, 0.1) is 23.3 Å². The Morgan fingerprint density at radius 1 is 0.568 bits per heavy atom. The molecule has 1 saturated heterocycles. The number of hydrogen-bond donors (Lipinski definition) is 1. The SMILES string of the molecule is CCCC(C)OC(=O)CN1CCN(CC(=O)OC(C)(C)C)CCN(C(CCC(=O)NCCOCCOCCOCCC(=O)Oc2c(F)c(F)cc(F)c2F)C(=O)OC(C)(C)C)CCN(CC(=O)OC(C)(C)C)CC1. The maximum atomic E-state index is 14.1. The molecule has 0 radical (unpaired) electrons. The van der Waals surface area contributed by atoms with E-state index in [4.69, 9.17) is 33.2 Å². The largest absolute Gasteiger partial charge is 0.462 e. The molecule has 2 rings (SSSR count). The Bertz CT molecular complexity index is 1860. The molecule has 1 fully saturated rings. The minimum Gasteiger partial charge on any atom is -0.462 e. The molecule has 2 atom stereocenters. The summed E-state index contributed by atoms with van der Waals surface area (Å²) in [6.07, 6.45) is 0.895. The number of benzene rings is 1. The van der Waals surface area contributed by atoms with E-state index >= 15 is 0 Å². The van der Waals surface area contributed by atoms with E-state index < -0.39 is 82.2 Å². The molecular formula is C51H83F4N5O14. The Balaban J connectivity index is 2.09. The van der Waals surface area contributed by atoms with Crippen molar-refractivity contribution in [1.82, 2.24) is 24.9 Å². The lowest BCUT2D eigenvalue weighted by atomic mass is 10.1. The molecule has 1 heterocycles. The van der Waals surface area contributed by atoms with E-state index in [-0.39, 0.29) is 116 Å². The number of amides is 1. The number of nitrogens with one attached hydrogen (secondary N) is 1. The van der Waals surface area contributed by atoms with Crippen LogP contribution in [-0.2, 0) is 61.9 Å². The second-order valence-corrected chi connectivity index (χ2v) is 20.9. The summed E-state index contributed by atoms with van der Waals surface area (Å²) < 4.78 is 97.8. The van der Waals surface area contributed by atoms with Crippen molar-refractivity contribution in [1.29, 1.82) is 0 Å². The standard InChI is InChI=1S/C51H83F4N5O14/c1-12-13-36(2)70-42(63)33-57-18-20-58(34-43(64)72-49(3,4)5)22-24-60(25-23-59(21-19-57)35-44(65)73-50(6,7)8)39(48(66)74-51(9,10)11)14-15-40(61)56-17-27-68-29-31-69-30-28-67-26-16-41(62)71-47-45(54)37(52)32-38(53)46(47)55/h32,36,39H,12-31,33-35H2,1-11H3,(H,56,61). The van der Waals surface area contributed by atoms with E-state index in [1.54, 1.807) is 62.3 Å². The van der Waals surface area contributed by atoms with Crippen LogP contribution in [0.3, 0.4) is 0 Å². The summed E-state index contributed by atoms with van der Waals surface area (Å²) in [5, 5.41) is 2.80. The average molecular weight is 1070 g/mol. The number of rotatable bonds is 27. The van der Waals surface area contributed by atoms with E-state index in [1.165, 1.54) is 0 Å². The topological polar surface area (TPSA) is 201 Å². The Morgan fingerprint density at radius 3 is 1.46 bits per heavy atom. The van der Waals surface area contributed by atoms with Crippen LogP contribution in [0.1, 0.15) is 108 Å². The van der Waals surface area contributed by atoms with Crippen molar-refractivity contribution >= 4 is 35.8 Å². The molecule has 2 unspecified atom stereocenters. The van der Waals surface area contributed by atoms with Crippen molar-refractivity contribution in [2.75, 3.05) is 118 Å². The van der Waals surface area contributed by atoms with E-state index in [9.17, 15) is 46.3 Å². The van der Waals surface area contributed by atoms with Crippen molar-refractivity contribution in [2.45, 2.75) is 137 Å². The third kappa shape index (κ3) is 29.0. The van der Waals surface area contributed by atoms with Crippen molar-refractivity contribution < 1.29 is 84.2 Å². The normalized spacial score (nSPS) is 16.0. The summed E-state index contributed by atoms with van der Waals surface area (Å²) in [6, 6.07) is -0.907. The number of halogens is 4. The molecule has 1 N–H and O–H groups in total. The molecule has 1 aliphatic heterocycles. The summed E-state index contributed by atoms with van der Waals surface area (Å²) in [7, 11) is 0. The third-order valence-electron chi connectivity index (χ3n) is 10.6. The highest BCUT2D eigenvalue weighted by Gasteiger charge is 2.33. The molecule has 1 aliphatic rings. The summed E-state index contributed by atoms with van der Waals surface area (Å²) in [6.45, 7) is 22.8. The molecule has 19 nitrogen and oxygen atoms in total. The fourth-order valence-electron chi connectivity index (χ4n) is 7.30. The molecule has 0 aliphatic carbocycles. The first-order valence-electron chi connectivity index (χ1n) is 25.4. The predicted molar refractivity (Wildman–Crippen MR) is 264 cm³/mol. The fraction of sp³-hybridized carbons (Fsp3) is 0.765. The third-order valence-corrected chi connectivity index (χ3v) is 10.6. The van der Waals surface area contributed by atoms with Crippen LogP contribution >= 0.6 is 0 Å². The van der Waals surface area contributed by atoms with Gasteiger partial charge in [-0.15, -0.1) is 0 Å². The molecule has 1 aromatic carbocycles. The highest BCUT2D eigenvalue weighted by Crippen LogP contribution is 2.27. The van der Waals surface area contributed by atoms with Gasteiger partial charge in [-0.3, -0.25) is 48.4 Å². The summed E-state index contributed by atoms with van der Waals surface area (Å²) in [5.41, 5.74) is -2.33. The number of carbonyl (C=O) groups excluding carboxylic acids is 6. The van der Waals surface area contributed by atoms with Crippen molar-refractivity contribution in [3.05, 3.63) is 29.3 Å². The van der Waals surface area contributed by atoms with Gasteiger partial charge in [-0.05, 0) is 82.1 Å². The van der Waals surface area contributed by atoms with Crippen molar-refractivity contribution in [3.8, 4) is 5.75 Å². The molecule has 74 heavy (non-hydrogen) atoms. The van der Waals surface area contributed by atoms with Gasteiger partial charge in [0, 0.05) is 71.4 Å². The number of nitrogens with zero attached hydrogens (tertiary/aromatic N) is 4. The Kier molecular flexibility index (Phi) is 29.1. The van der Waals surface area contributed by atoms with Gasteiger partial charge in [-0.1, -0.05) is 13.3 Å². The van der Waals surface area contributed by atoms with E-state index in [1.807, 2.05) is 33.4 Å². The molecule has 23 heteroatoms. The molecule has 1 amide bonds. The highest BCUT2D eigenvalue weighted by molar-refractivity contribution is 5.79. The van der Waals surface area contributed by atoms with Crippen molar-refractivity contribution in [2.24, 2.45) is 0 Å². The van der Waals surface area contributed by atoms with Crippen LogP contribution in [-0.4, -0.2) is 202 Å². The van der Waals surface area contributed by atoms with E-state index in [0.29, 0.717) is 39.3 Å². The predicted octanol–water partition coefficient (Wildman–Crippen LogP) is 4.83. The zero-order chi connectivity index (χ0) is 55.6. The second-order valence-electron chi connectivity index (χ2n) is 20.9. The van der Waals surface area contributed by atoms with Gasteiger partial charge in [0.2, 0.25) is 23.3 Å². The van der Waals surface area contributed by atoms with Crippen LogP contribution in [0.2, 0.25) is 0 Å². The van der Waals surface area contributed by atoms with Gasteiger partial charge in [-0.25, -0.2) is 8.78 Å². The molecule has 1 aromatic rings. The van der Waals surface area contributed by atoms with Crippen LogP contribution in [0.15, 0.2) is 6.07 Å². The van der Waals surface area contributed by atoms with Gasteiger partial charge in [0.15, 0.2) is 11.6 Å². The van der Waals surface area contributed by atoms with Crippen LogP contribution < -0.4 is 10.1 Å². The van der Waals surface area contributed by atoms with Crippen LogP contribution in [0.25, 0.3) is 0 Å². The lowest BCUT2D eigenvalue weighted by Gasteiger charge is -2.37. The molecular weight excluding hydrogens is 983 g/mol. The Morgan fingerprint density at radius 2 is 1.00 bits per heavy atom. The smallest absolute Gasteiger partial charge is 0.323 e. The van der Waals surface area contributed by atoms with Gasteiger partial charge in [-0.2, -0.15) is 8.78 Å². The minimum atomic E-state index is -1.83. The summed E-state index contributed by atoms with van der Waals surface area (Å²) in [5.74, 6) is -11.9. The zero-order valence-electron chi connectivity index (χ0n) is 45.5. The first-order chi connectivity index (χ1) is 34.5. The number of hydrogen-bond acceptors (Lipinski definition) is 18.